The van der Waals surface area contributed by atoms with Gasteiger partial charge in [0, 0.05) is 30.8 Å². The average Bonchev–Trinajstić information content (AvgIpc) is 2.54. The summed E-state index contributed by atoms with van der Waals surface area (Å²) in [6.07, 6.45) is 3.63. The highest BCUT2D eigenvalue weighted by molar-refractivity contribution is 7.98. The number of rotatable bonds is 3. The Morgan fingerprint density at radius 3 is 2.47 bits per heavy atom. The highest BCUT2D eigenvalue weighted by Gasteiger charge is 2.11. The second-order valence-corrected chi connectivity index (χ2v) is 5.11. The van der Waals surface area contributed by atoms with Crippen LogP contribution in [0.1, 0.15) is 16.8 Å². The molecule has 0 saturated carbocycles. The Kier molecular flexibility index (Phi) is 3.69. The largest absolute Gasteiger partial charge is 0.257 e. The standard InChI is InChI=1S/C11H13ClN4S/c1-7-4-13-11(14-5-7)17-6-9-8(2)15-16(3)10(9)12/h4-5H,6H2,1-3H3. The molecule has 0 fully saturated rings. The zero-order valence-electron chi connectivity index (χ0n) is 9.94. The van der Waals surface area contributed by atoms with Crippen LogP contribution in [0, 0.1) is 13.8 Å². The van der Waals surface area contributed by atoms with Gasteiger partial charge < -0.3 is 0 Å². The lowest BCUT2D eigenvalue weighted by Crippen LogP contribution is -1.90. The molecule has 0 amide bonds. The normalized spacial score (nSPS) is 10.8. The molecule has 0 aromatic carbocycles. The number of hydrogen-bond acceptors (Lipinski definition) is 4. The topological polar surface area (TPSA) is 43.6 Å². The van der Waals surface area contributed by atoms with Gasteiger partial charge in [-0.3, -0.25) is 4.68 Å². The molecule has 2 aromatic rings. The summed E-state index contributed by atoms with van der Waals surface area (Å²) in [6.45, 7) is 3.92. The van der Waals surface area contributed by atoms with Crippen LogP contribution in [0.25, 0.3) is 0 Å². The van der Waals surface area contributed by atoms with Gasteiger partial charge in [-0.15, -0.1) is 0 Å². The molecular weight excluding hydrogens is 256 g/mol. The van der Waals surface area contributed by atoms with E-state index in [0.29, 0.717) is 5.15 Å². The molecular formula is C11H13ClN4S. The predicted molar refractivity (Wildman–Crippen MR) is 69.3 cm³/mol. The van der Waals surface area contributed by atoms with E-state index in [1.807, 2.05) is 33.3 Å². The van der Waals surface area contributed by atoms with Crippen molar-refractivity contribution in [2.45, 2.75) is 24.8 Å². The van der Waals surface area contributed by atoms with Gasteiger partial charge in [0.1, 0.15) is 5.15 Å². The maximum absolute atomic E-state index is 6.15. The second-order valence-electron chi connectivity index (χ2n) is 3.81. The SMILES string of the molecule is Cc1cnc(SCc2c(C)nn(C)c2Cl)nc1. The summed E-state index contributed by atoms with van der Waals surface area (Å²) in [5.74, 6) is 0.738. The Morgan fingerprint density at radius 2 is 1.94 bits per heavy atom. The Bertz CT molecular complexity index is 521. The molecule has 0 saturated heterocycles. The highest BCUT2D eigenvalue weighted by Crippen LogP contribution is 2.26. The Labute approximate surface area is 109 Å². The minimum atomic E-state index is 0.683. The van der Waals surface area contributed by atoms with E-state index < -0.39 is 0 Å². The van der Waals surface area contributed by atoms with Crippen LogP contribution < -0.4 is 0 Å². The van der Waals surface area contributed by atoms with Crippen molar-refractivity contribution in [1.82, 2.24) is 19.7 Å². The first-order chi connectivity index (χ1) is 8.08. The van der Waals surface area contributed by atoms with Gasteiger partial charge in [-0.1, -0.05) is 23.4 Å². The van der Waals surface area contributed by atoms with Crippen LogP contribution in [0.2, 0.25) is 5.15 Å². The molecule has 0 bridgehead atoms. The third-order valence-electron chi connectivity index (χ3n) is 2.37. The number of nitrogens with zero attached hydrogens (tertiary/aromatic N) is 4. The molecule has 0 unspecified atom stereocenters. The fourth-order valence-electron chi connectivity index (χ4n) is 1.43. The van der Waals surface area contributed by atoms with E-state index in [1.54, 1.807) is 16.4 Å². The number of halogens is 1. The zero-order valence-corrected chi connectivity index (χ0v) is 11.5. The van der Waals surface area contributed by atoms with Crippen molar-refractivity contribution in [3.8, 4) is 0 Å². The van der Waals surface area contributed by atoms with Crippen LogP contribution >= 0.6 is 23.4 Å². The summed E-state index contributed by atoms with van der Waals surface area (Å²) in [4.78, 5) is 8.48. The molecule has 90 valence electrons. The monoisotopic (exact) mass is 268 g/mol. The first kappa shape index (κ1) is 12.4. The maximum atomic E-state index is 6.15. The minimum absolute atomic E-state index is 0.683. The Morgan fingerprint density at radius 1 is 1.29 bits per heavy atom. The summed E-state index contributed by atoms with van der Waals surface area (Å²) in [5, 5.41) is 5.71. The van der Waals surface area contributed by atoms with Gasteiger partial charge in [0.25, 0.3) is 0 Å². The molecule has 17 heavy (non-hydrogen) atoms. The second kappa shape index (κ2) is 5.06. The Balaban J connectivity index is 2.09. The molecule has 2 heterocycles. The fraction of sp³-hybridized carbons (Fsp3) is 0.364. The van der Waals surface area contributed by atoms with Gasteiger partial charge in [0.2, 0.25) is 0 Å². The smallest absolute Gasteiger partial charge is 0.187 e. The lowest BCUT2D eigenvalue weighted by atomic mass is 10.3. The van der Waals surface area contributed by atoms with Crippen molar-refractivity contribution in [1.29, 1.82) is 0 Å². The van der Waals surface area contributed by atoms with Crippen LogP contribution in [-0.2, 0) is 12.8 Å². The predicted octanol–water partition coefficient (Wildman–Crippen LogP) is 2.77. The van der Waals surface area contributed by atoms with E-state index in [2.05, 4.69) is 15.1 Å². The molecule has 0 spiro atoms. The summed E-state index contributed by atoms with van der Waals surface area (Å²) in [7, 11) is 1.84. The van der Waals surface area contributed by atoms with Crippen molar-refractivity contribution in [3.63, 3.8) is 0 Å². The number of aromatic nitrogens is 4. The lowest BCUT2D eigenvalue weighted by molar-refractivity contribution is 0.757. The summed E-state index contributed by atoms with van der Waals surface area (Å²) >= 11 is 7.72. The van der Waals surface area contributed by atoms with Crippen molar-refractivity contribution < 1.29 is 0 Å². The van der Waals surface area contributed by atoms with E-state index >= 15 is 0 Å². The zero-order chi connectivity index (χ0) is 12.4. The van der Waals surface area contributed by atoms with Crippen molar-refractivity contribution in [2.75, 3.05) is 0 Å². The van der Waals surface area contributed by atoms with E-state index in [4.69, 9.17) is 11.6 Å². The van der Waals surface area contributed by atoms with Crippen molar-refractivity contribution in [2.24, 2.45) is 7.05 Å². The molecule has 0 aliphatic rings. The molecule has 0 atom stereocenters. The van der Waals surface area contributed by atoms with Gasteiger partial charge >= 0.3 is 0 Å². The number of hydrogen-bond donors (Lipinski definition) is 0. The van der Waals surface area contributed by atoms with E-state index in [0.717, 1.165) is 27.7 Å². The summed E-state index contributed by atoms with van der Waals surface area (Å²) in [6, 6.07) is 0. The van der Waals surface area contributed by atoms with E-state index in [1.165, 1.54) is 0 Å². The van der Waals surface area contributed by atoms with Gasteiger partial charge in [-0.2, -0.15) is 5.10 Å². The van der Waals surface area contributed by atoms with Gasteiger partial charge in [0.15, 0.2) is 5.16 Å². The molecule has 0 N–H and O–H groups in total. The highest BCUT2D eigenvalue weighted by atomic mass is 35.5. The van der Waals surface area contributed by atoms with Crippen molar-refractivity contribution >= 4 is 23.4 Å². The van der Waals surface area contributed by atoms with Crippen LogP contribution in [-0.4, -0.2) is 19.7 Å². The summed E-state index contributed by atoms with van der Waals surface area (Å²) in [5.41, 5.74) is 3.06. The maximum Gasteiger partial charge on any atom is 0.187 e. The first-order valence-corrected chi connectivity index (χ1v) is 6.53. The van der Waals surface area contributed by atoms with Gasteiger partial charge in [-0.05, 0) is 19.4 Å². The van der Waals surface area contributed by atoms with E-state index in [9.17, 15) is 0 Å². The van der Waals surface area contributed by atoms with Crippen molar-refractivity contribution in [3.05, 3.63) is 34.4 Å². The van der Waals surface area contributed by atoms with Crippen LogP contribution in [0.4, 0.5) is 0 Å². The van der Waals surface area contributed by atoms with Crippen LogP contribution in [0.3, 0.4) is 0 Å². The lowest BCUT2D eigenvalue weighted by Gasteiger charge is -2.00. The third-order valence-corrected chi connectivity index (χ3v) is 3.75. The molecule has 0 aliphatic carbocycles. The van der Waals surface area contributed by atoms with Crippen LogP contribution in [0.5, 0.6) is 0 Å². The van der Waals surface area contributed by atoms with Gasteiger partial charge in [0.05, 0.1) is 5.69 Å². The molecule has 2 rings (SSSR count). The average molecular weight is 269 g/mol. The number of thioether (sulfide) groups is 1. The third kappa shape index (κ3) is 2.79. The minimum Gasteiger partial charge on any atom is -0.257 e. The molecule has 0 aliphatic heterocycles. The van der Waals surface area contributed by atoms with Gasteiger partial charge in [-0.25, -0.2) is 9.97 Å². The van der Waals surface area contributed by atoms with E-state index in [-0.39, 0.29) is 0 Å². The fourth-order valence-corrected chi connectivity index (χ4v) is 2.62. The number of aryl methyl sites for hydroxylation is 3. The molecule has 6 heteroatoms. The molecule has 2 aromatic heterocycles. The Hall–Kier alpha value is -1.07. The molecule has 0 radical (unpaired) electrons. The molecule has 4 nitrogen and oxygen atoms in total. The first-order valence-electron chi connectivity index (χ1n) is 5.17. The quantitative estimate of drug-likeness (QED) is 0.634. The summed E-state index contributed by atoms with van der Waals surface area (Å²) < 4.78 is 1.68. The van der Waals surface area contributed by atoms with Crippen LogP contribution in [0.15, 0.2) is 17.6 Å².